The number of primary amides is 1. The molecule has 1 fully saturated rings. The molecule has 4 amide bonds. The van der Waals surface area contributed by atoms with E-state index in [9.17, 15) is 19.2 Å². The summed E-state index contributed by atoms with van der Waals surface area (Å²) in [7, 11) is 0. The number of amides is 4. The number of benzene rings is 1. The van der Waals surface area contributed by atoms with Crippen LogP contribution in [-0.2, 0) is 25.6 Å². The Labute approximate surface area is 163 Å². The van der Waals surface area contributed by atoms with Crippen molar-refractivity contribution in [3.8, 4) is 0 Å². The quantitative estimate of drug-likeness (QED) is 0.466. The van der Waals surface area contributed by atoms with Crippen LogP contribution in [0.3, 0.4) is 0 Å². The number of allylic oxidation sites excluding steroid dienone is 1. The van der Waals surface area contributed by atoms with Crippen LogP contribution in [0.2, 0.25) is 0 Å². The van der Waals surface area contributed by atoms with Crippen molar-refractivity contribution in [2.24, 2.45) is 5.73 Å². The number of rotatable bonds is 8. The molecule has 0 aliphatic carbocycles. The molecule has 0 bridgehead atoms. The smallest absolute Gasteiger partial charge is 0.243 e. The summed E-state index contributed by atoms with van der Waals surface area (Å²) in [5.41, 5.74) is 7.22. The Morgan fingerprint density at radius 2 is 1.71 bits per heavy atom. The maximum absolute atomic E-state index is 12.3. The Balaban J connectivity index is 1.91. The molecule has 5 N–H and O–H groups in total. The summed E-state index contributed by atoms with van der Waals surface area (Å²) in [6.45, 7) is 3.74. The Hall–Kier alpha value is -3.16. The van der Waals surface area contributed by atoms with E-state index in [4.69, 9.17) is 5.73 Å². The van der Waals surface area contributed by atoms with Crippen molar-refractivity contribution in [3.05, 3.63) is 47.5 Å². The van der Waals surface area contributed by atoms with Crippen molar-refractivity contribution in [2.45, 2.75) is 51.2 Å². The fraction of sp³-hybridized carbons (Fsp3) is 0.400. The number of nitrogens with two attached hydrogens (primary N) is 1. The third kappa shape index (κ3) is 6.22. The van der Waals surface area contributed by atoms with Gasteiger partial charge in [-0.05, 0) is 25.8 Å². The van der Waals surface area contributed by atoms with E-state index in [2.05, 4.69) is 16.0 Å². The van der Waals surface area contributed by atoms with Gasteiger partial charge in [-0.15, -0.1) is 0 Å². The maximum atomic E-state index is 12.3. The molecule has 1 aromatic carbocycles. The highest BCUT2D eigenvalue weighted by atomic mass is 16.2. The third-order valence-electron chi connectivity index (χ3n) is 4.38. The summed E-state index contributed by atoms with van der Waals surface area (Å²) in [5, 5.41) is 7.75. The van der Waals surface area contributed by atoms with Gasteiger partial charge in [0, 0.05) is 6.42 Å². The Morgan fingerprint density at radius 3 is 2.32 bits per heavy atom. The lowest BCUT2D eigenvalue weighted by Gasteiger charge is -2.29. The molecule has 1 aliphatic heterocycles. The molecule has 8 nitrogen and oxygen atoms in total. The molecule has 1 saturated heterocycles. The summed E-state index contributed by atoms with van der Waals surface area (Å²) in [6, 6.07) is 6.78. The predicted molar refractivity (Wildman–Crippen MR) is 104 cm³/mol. The standard InChI is InChI=1S/C20H26N4O4/c1-12(2)8-9-14(18(21)26)22-17(25)11-16-20(28)23-15(19(27)24-16)10-13-6-4-3-5-7-13/h3-8,14-16H,9-11H2,1-2H3,(H2,21,26)(H,22,25)(H,23,28)(H,24,27)/t14-,15+,16+/m1/s1. The van der Waals surface area contributed by atoms with Gasteiger partial charge in [0.25, 0.3) is 0 Å². The minimum absolute atomic E-state index is 0.270. The van der Waals surface area contributed by atoms with E-state index in [0.717, 1.165) is 11.1 Å². The van der Waals surface area contributed by atoms with Crippen LogP contribution in [0.1, 0.15) is 32.3 Å². The van der Waals surface area contributed by atoms with Crippen molar-refractivity contribution in [1.29, 1.82) is 0 Å². The van der Waals surface area contributed by atoms with Crippen LogP contribution in [-0.4, -0.2) is 41.8 Å². The topological polar surface area (TPSA) is 130 Å². The van der Waals surface area contributed by atoms with Crippen molar-refractivity contribution < 1.29 is 19.2 Å². The first kappa shape index (κ1) is 21.1. The lowest BCUT2D eigenvalue weighted by molar-refractivity contribution is -0.138. The molecule has 150 valence electrons. The lowest BCUT2D eigenvalue weighted by Crippen LogP contribution is -2.63. The number of carbonyl (C=O) groups is 4. The molecule has 1 aliphatic rings. The molecule has 0 unspecified atom stereocenters. The summed E-state index contributed by atoms with van der Waals surface area (Å²) in [5.74, 6) is -1.98. The first-order valence-electron chi connectivity index (χ1n) is 9.13. The zero-order valence-electron chi connectivity index (χ0n) is 16.0. The third-order valence-corrected chi connectivity index (χ3v) is 4.38. The Morgan fingerprint density at radius 1 is 1.11 bits per heavy atom. The molecule has 28 heavy (non-hydrogen) atoms. The largest absolute Gasteiger partial charge is 0.368 e. The number of nitrogens with one attached hydrogen (secondary N) is 3. The van der Waals surface area contributed by atoms with Gasteiger partial charge >= 0.3 is 0 Å². The average molecular weight is 386 g/mol. The van der Waals surface area contributed by atoms with Crippen molar-refractivity contribution in [3.63, 3.8) is 0 Å². The molecule has 0 aromatic heterocycles. The van der Waals surface area contributed by atoms with Crippen LogP contribution in [0.25, 0.3) is 0 Å². The highest BCUT2D eigenvalue weighted by Crippen LogP contribution is 2.09. The number of hydrogen-bond donors (Lipinski definition) is 4. The number of piperazine rings is 1. The molecular formula is C20H26N4O4. The van der Waals surface area contributed by atoms with E-state index in [1.165, 1.54) is 0 Å². The van der Waals surface area contributed by atoms with Crippen LogP contribution in [0.15, 0.2) is 42.0 Å². The van der Waals surface area contributed by atoms with Crippen LogP contribution >= 0.6 is 0 Å². The van der Waals surface area contributed by atoms with E-state index >= 15 is 0 Å². The van der Waals surface area contributed by atoms with Gasteiger partial charge in [0.05, 0.1) is 6.42 Å². The maximum Gasteiger partial charge on any atom is 0.243 e. The molecule has 1 heterocycles. The SMILES string of the molecule is CC(C)=CC[C@@H](NC(=O)C[C@@H]1NC(=O)[C@H](Cc2ccccc2)NC1=O)C(N)=O. The first-order valence-corrected chi connectivity index (χ1v) is 9.13. The van der Waals surface area contributed by atoms with Gasteiger partial charge in [-0.2, -0.15) is 0 Å². The van der Waals surface area contributed by atoms with E-state index in [1.807, 2.05) is 44.2 Å². The van der Waals surface area contributed by atoms with Gasteiger partial charge in [-0.1, -0.05) is 42.0 Å². The summed E-state index contributed by atoms with van der Waals surface area (Å²) < 4.78 is 0. The molecule has 1 aromatic rings. The summed E-state index contributed by atoms with van der Waals surface area (Å²) in [6.07, 6.45) is 2.16. The fourth-order valence-electron chi connectivity index (χ4n) is 2.85. The molecule has 0 saturated carbocycles. The monoisotopic (exact) mass is 386 g/mol. The molecular weight excluding hydrogens is 360 g/mol. The van der Waals surface area contributed by atoms with Crippen molar-refractivity contribution in [2.75, 3.05) is 0 Å². The average Bonchev–Trinajstić information content (AvgIpc) is 2.63. The van der Waals surface area contributed by atoms with Crippen LogP contribution in [0, 0.1) is 0 Å². The minimum Gasteiger partial charge on any atom is -0.368 e. The van der Waals surface area contributed by atoms with Gasteiger partial charge in [-0.25, -0.2) is 0 Å². The molecule has 2 rings (SSSR count). The second-order valence-electron chi connectivity index (χ2n) is 7.06. The van der Waals surface area contributed by atoms with Gasteiger partial charge in [0.1, 0.15) is 18.1 Å². The zero-order chi connectivity index (χ0) is 20.7. The van der Waals surface area contributed by atoms with E-state index in [1.54, 1.807) is 6.08 Å². The molecule has 3 atom stereocenters. The van der Waals surface area contributed by atoms with Gasteiger partial charge < -0.3 is 21.7 Å². The van der Waals surface area contributed by atoms with Crippen LogP contribution < -0.4 is 21.7 Å². The fourth-order valence-corrected chi connectivity index (χ4v) is 2.85. The Kier molecular flexibility index (Phi) is 7.31. The second kappa shape index (κ2) is 9.68. The van der Waals surface area contributed by atoms with Crippen molar-refractivity contribution in [1.82, 2.24) is 16.0 Å². The zero-order valence-corrected chi connectivity index (χ0v) is 16.0. The van der Waals surface area contributed by atoms with Crippen molar-refractivity contribution >= 4 is 23.6 Å². The van der Waals surface area contributed by atoms with Gasteiger partial charge in [0.15, 0.2) is 0 Å². The van der Waals surface area contributed by atoms with E-state index in [-0.39, 0.29) is 18.7 Å². The van der Waals surface area contributed by atoms with Gasteiger partial charge in [0.2, 0.25) is 23.6 Å². The lowest BCUT2D eigenvalue weighted by atomic mass is 10.0. The summed E-state index contributed by atoms with van der Waals surface area (Å²) in [4.78, 5) is 48.3. The molecule has 8 heteroatoms. The van der Waals surface area contributed by atoms with Crippen LogP contribution in [0.5, 0.6) is 0 Å². The predicted octanol–water partition coefficient (Wildman–Crippen LogP) is -0.0712. The van der Waals surface area contributed by atoms with E-state index in [0.29, 0.717) is 6.42 Å². The van der Waals surface area contributed by atoms with Gasteiger partial charge in [-0.3, -0.25) is 19.2 Å². The second-order valence-corrected chi connectivity index (χ2v) is 7.06. The number of hydrogen-bond acceptors (Lipinski definition) is 4. The first-order chi connectivity index (χ1) is 13.3. The van der Waals surface area contributed by atoms with Crippen LogP contribution in [0.4, 0.5) is 0 Å². The highest BCUT2D eigenvalue weighted by Gasteiger charge is 2.35. The number of carbonyl (C=O) groups excluding carboxylic acids is 4. The normalized spacial score (nSPS) is 19.8. The Bertz CT molecular complexity index is 772. The molecule has 0 radical (unpaired) electrons. The highest BCUT2D eigenvalue weighted by molar-refractivity contribution is 5.99. The van der Waals surface area contributed by atoms with E-state index < -0.39 is 35.8 Å². The molecule has 0 spiro atoms. The summed E-state index contributed by atoms with van der Waals surface area (Å²) >= 11 is 0. The minimum atomic E-state index is -0.989.